The maximum Gasteiger partial charge on any atom is 0.343 e. The van der Waals surface area contributed by atoms with Crippen LogP contribution >= 0.6 is 7.60 Å². The summed E-state index contributed by atoms with van der Waals surface area (Å²) in [5.74, 6) is 0. The smallest absolute Gasteiger partial charge is 0.308 e. The first-order valence-electron chi connectivity index (χ1n) is 5.01. The average molecular weight is 256 g/mol. The van der Waals surface area contributed by atoms with Crippen LogP contribution in [0.5, 0.6) is 0 Å². The molecule has 1 atom stereocenters. The largest absolute Gasteiger partial charge is 0.343 e. The summed E-state index contributed by atoms with van der Waals surface area (Å²) < 4.78 is 33.6. The monoisotopic (exact) mass is 256 g/mol. The summed E-state index contributed by atoms with van der Waals surface area (Å²) in [5, 5.41) is 0. The Labute approximate surface area is 94.7 Å². The predicted molar refractivity (Wildman–Crippen MR) is 63.6 cm³/mol. The molecule has 0 aromatic carbocycles. The maximum atomic E-state index is 12.0. The van der Waals surface area contributed by atoms with Crippen LogP contribution in [0.2, 0.25) is 0 Å². The van der Waals surface area contributed by atoms with Gasteiger partial charge in [-0.2, -0.15) is 0 Å². The molecule has 0 aliphatic heterocycles. The lowest BCUT2D eigenvalue weighted by Gasteiger charge is -2.22. The molecule has 0 unspecified atom stereocenters. The first-order valence-corrected chi connectivity index (χ1v) is 8.06. The SMILES string of the molecule is CCOP(=O)(C[S@@](=O)C(C)(C)C)OCC. The van der Waals surface area contributed by atoms with Crippen molar-refractivity contribution in [3.8, 4) is 0 Å². The Morgan fingerprint density at radius 1 is 1.13 bits per heavy atom. The first-order chi connectivity index (χ1) is 6.75. The Kier molecular flexibility index (Phi) is 6.26. The molecule has 0 saturated carbocycles. The molecular weight excluding hydrogens is 235 g/mol. The van der Waals surface area contributed by atoms with Gasteiger partial charge in [-0.3, -0.25) is 8.77 Å². The molecule has 0 aliphatic rings. The fourth-order valence-corrected chi connectivity index (χ4v) is 5.00. The summed E-state index contributed by atoms with van der Waals surface area (Å²) in [4.78, 5) is 0. The van der Waals surface area contributed by atoms with Crippen LogP contribution < -0.4 is 0 Å². The number of hydrogen-bond acceptors (Lipinski definition) is 4. The van der Waals surface area contributed by atoms with Gasteiger partial charge in [0.2, 0.25) is 0 Å². The van der Waals surface area contributed by atoms with Gasteiger partial charge in [-0.25, -0.2) is 0 Å². The van der Waals surface area contributed by atoms with E-state index in [9.17, 15) is 8.77 Å². The van der Waals surface area contributed by atoms with Gasteiger partial charge in [-0.05, 0) is 34.6 Å². The van der Waals surface area contributed by atoms with E-state index in [-0.39, 0.29) is 5.49 Å². The summed E-state index contributed by atoms with van der Waals surface area (Å²) in [7, 11) is -4.39. The van der Waals surface area contributed by atoms with Gasteiger partial charge in [-0.1, -0.05) is 0 Å². The summed E-state index contributed by atoms with van der Waals surface area (Å²) >= 11 is 0. The fourth-order valence-electron chi connectivity index (χ4n) is 0.842. The van der Waals surface area contributed by atoms with Crippen molar-refractivity contribution in [1.82, 2.24) is 0 Å². The molecule has 0 amide bonds. The van der Waals surface area contributed by atoms with Crippen molar-refractivity contribution in [3.63, 3.8) is 0 Å². The van der Waals surface area contributed by atoms with Gasteiger partial charge in [0.05, 0.1) is 13.2 Å². The quantitative estimate of drug-likeness (QED) is 0.686. The molecule has 0 aliphatic carbocycles. The summed E-state index contributed by atoms with van der Waals surface area (Å²) in [6, 6.07) is 0. The van der Waals surface area contributed by atoms with Crippen molar-refractivity contribution in [2.75, 3.05) is 18.7 Å². The highest BCUT2D eigenvalue weighted by Crippen LogP contribution is 2.49. The van der Waals surface area contributed by atoms with E-state index in [1.54, 1.807) is 13.8 Å². The van der Waals surface area contributed by atoms with Gasteiger partial charge in [0.25, 0.3) is 0 Å². The maximum absolute atomic E-state index is 12.0. The molecule has 0 spiro atoms. The molecule has 0 bridgehead atoms. The molecule has 0 radical (unpaired) electrons. The highest BCUT2D eigenvalue weighted by Gasteiger charge is 2.31. The minimum Gasteiger partial charge on any atom is -0.308 e. The molecule has 0 N–H and O–H groups in total. The highest BCUT2D eigenvalue weighted by atomic mass is 32.2. The van der Waals surface area contributed by atoms with Gasteiger partial charge < -0.3 is 9.05 Å². The molecule has 0 heterocycles. The van der Waals surface area contributed by atoms with Gasteiger partial charge in [0, 0.05) is 15.5 Å². The Morgan fingerprint density at radius 3 is 1.80 bits per heavy atom. The van der Waals surface area contributed by atoms with Gasteiger partial charge in [-0.15, -0.1) is 0 Å². The van der Waals surface area contributed by atoms with Crippen LogP contribution in [0.25, 0.3) is 0 Å². The van der Waals surface area contributed by atoms with E-state index in [0.717, 1.165) is 0 Å². The van der Waals surface area contributed by atoms with E-state index < -0.39 is 23.1 Å². The summed E-state index contributed by atoms with van der Waals surface area (Å²) in [6.45, 7) is 9.61. The van der Waals surface area contributed by atoms with Crippen molar-refractivity contribution in [3.05, 3.63) is 0 Å². The Hall–Kier alpha value is 0.300. The zero-order valence-corrected chi connectivity index (χ0v) is 11.8. The van der Waals surface area contributed by atoms with E-state index >= 15 is 0 Å². The van der Waals surface area contributed by atoms with Gasteiger partial charge >= 0.3 is 7.60 Å². The topological polar surface area (TPSA) is 52.6 Å². The van der Waals surface area contributed by atoms with Crippen molar-refractivity contribution in [2.45, 2.75) is 39.4 Å². The van der Waals surface area contributed by atoms with Crippen LogP contribution in [0, 0.1) is 0 Å². The lowest BCUT2D eigenvalue weighted by Crippen LogP contribution is -2.24. The molecule has 92 valence electrons. The molecule has 15 heavy (non-hydrogen) atoms. The molecule has 4 nitrogen and oxygen atoms in total. The van der Waals surface area contributed by atoms with E-state index in [1.807, 2.05) is 20.8 Å². The van der Waals surface area contributed by atoms with Gasteiger partial charge in [0.1, 0.15) is 5.49 Å². The van der Waals surface area contributed by atoms with Crippen molar-refractivity contribution in [2.24, 2.45) is 0 Å². The second kappa shape index (κ2) is 6.14. The standard InChI is InChI=1S/C9H21O4PS/c1-6-12-14(10,13-7-2)8-15(11)9(3,4)5/h6-8H2,1-5H3/t15-/m1/s1. The number of hydrogen-bond donors (Lipinski definition) is 0. The van der Waals surface area contributed by atoms with E-state index in [1.165, 1.54) is 0 Å². The van der Waals surface area contributed by atoms with Crippen molar-refractivity contribution >= 4 is 18.4 Å². The third-order valence-electron chi connectivity index (χ3n) is 1.61. The van der Waals surface area contributed by atoms with Crippen LogP contribution in [-0.2, 0) is 24.4 Å². The van der Waals surface area contributed by atoms with Crippen molar-refractivity contribution < 1.29 is 17.8 Å². The van der Waals surface area contributed by atoms with Crippen LogP contribution in [0.15, 0.2) is 0 Å². The highest BCUT2D eigenvalue weighted by molar-refractivity contribution is 7.93. The average Bonchev–Trinajstić information content (AvgIpc) is 2.02. The molecule has 0 saturated heterocycles. The molecule has 0 aromatic heterocycles. The van der Waals surface area contributed by atoms with Crippen molar-refractivity contribution in [1.29, 1.82) is 0 Å². The Balaban J connectivity index is 4.55. The lowest BCUT2D eigenvalue weighted by molar-refractivity contribution is 0.224. The van der Waals surface area contributed by atoms with Crippen LogP contribution in [0.3, 0.4) is 0 Å². The predicted octanol–water partition coefficient (Wildman–Crippen LogP) is 2.76. The summed E-state index contributed by atoms with van der Waals surface area (Å²) in [5.41, 5.74) is -0.0296. The second-order valence-electron chi connectivity index (χ2n) is 4.03. The third kappa shape index (κ3) is 5.81. The van der Waals surface area contributed by atoms with E-state index in [4.69, 9.17) is 9.05 Å². The van der Waals surface area contributed by atoms with Gasteiger partial charge in [0.15, 0.2) is 0 Å². The lowest BCUT2D eigenvalue weighted by atomic mass is 10.3. The third-order valence-corrected chi connectivity index (χ3v) is 6.48. The molecular formula is C9H21O4PS. The summed E-state index contributed by atoms with van der Waals surface area (Å²) in [6.07, 6.45) is 0. The normalized spacial score (nSPS) is 15.3. The van der Waals surface area contributed by atoms with Crippen LogP contribution in [0.1, 0.15) is 34.6 Å². The zero-order chi connectivity index (χ0) is 12.1. The Bertz CT molecular complexity index is 249. The minimum absolute atomic E-state index is 0.0296. The molecule has 0 rings (SSSR count). The molecule has 0 fully saturated rings. The van der Waals surface area contributed by atoms with Crippen LogP contribution in [-0.4, -0.2) is 27.7 Å². The van der Waals surface area contributed by atoms with Crippen LogP contribution in [0.4, 0.5) is 0 Å². The van der Waals surface area contributed by atoms with E-state index in [2.05, 4.69) is 0 Å². The zero-order valence-electron chi connectivity index (χ0n) is 10.1. The fraction of sp³-hybridized carbons (Fsp3) is 1.00. The molecule has 6 heteroatoms. The minimum atomic E-state index is -3.17. The Morgan fingerprint density at radius 2 is 1.53 bits per heavy atom. The first kappa shape index (κ1) is 15.3. The second-order valence-corrected chi connectivity index (χ2v) is 8.72. The van der Waals surface area contributed by atoms with E-state index in [0.29, 0.717) is 13.2 Å². The number of rotatable bonds is 6. The molecule has 0 aromatic rings.